The van der Waals surface area contributed by atoms with Gasteiger partial charge in [-0.05, 0) is 37.3 Å². The molecule has 1 aliphatic heterocycles. The summed E-state index contributed by atoms with van der Waals surface area (Å²) in [4.78, 5) is 24.0. The summed E-state index contributed by atoms with van der Waals surface area (Å²) in [5, 5.41) is 29.2. The standard InChI is InChI=1S/C14H18N2O5/c17-7-5-10-2-1-6-15(9-10)14(19)11-3-4-12(16(20)21)13(18)8-11/h3-4,8,10,17-18H,1-2,5-7,9H2. The molecular weight excluding hydrogens is 276 g/mol. The molecule has 1 saturated heterocycles. The number of amides is 1. The number of benzene rings is 1. The van der Waals surface area contributed by atoms with Crippen molar-refractivity contribution in [1.29, 1.82) is 0 Å². The van der Waals surface area contributed by atoms with Crippen LogP contribution in [0.4, 0.5) is 5.69 Å². The van der Waals surface area contributed by atoms with Crippen LogP contribution in [0.25, 0.3) is 0 Å². The van der Waals surface area contributed by atoms with E-state index in [0.717, 1.165) is 25.0 Å². The number of phenolic OH excluding ortho intramolecular Hbond substituents is 1. The average Bonchev–Trinajstić information content (AvgIpc) is 2.46. The van der Waals surface area contributed by atoms with E-state index < -0.39 is 16.4 Å². The summed E-state index contributed by atoms with van der Waals surface area (Å²) < 4.78 is 0. The SMILES string of the molecule is O=C(c1ccc([N+](=O)[O-])c(O)c1)N1CCCC(CCO)C1. The van der Waals surface area contributed by atoms with E-state index in [1.807, 2.05) is 0 Å². The zero-order chi connectivity index (χ0) is 15.4. The molecule has 1 aromatic rings. The molecule has 1 amide bonds. The topological polar surface area (TPSA) is 104 Å². The van der Waals surface area contributed by atoms with Crippen LogP contribution in [0.5, 0.6) is 5.75 Å². The van der Waals surface area contributed by atoms with E-state index in [9.17, 15) is 20.0 Å². The fraction of sp³-hybridized carbons (Fsp3) is 0.500. The minimum absolute atomic E-state index is 0.102. The summed E-state index contributed by atoms with van der Waals surface area (Å²) in [6, 6.07) is 3.63. The molecule has 0 aromatic heterocycles. The Morgan fingerprint density at radius 3 is 2.86 bits per heavy atom. The number of phenols is 1. The summed E-state index contributed by atoms with van der Waals surface area (Å²) in [6.45, 7) is 1.29. The maximum Gasteiger partial charge on any atom is 0.310 e. The number of carbonyl (C=O) groups is 1. The predicted molar refractivity (Wildman–Crippen MR) is 75.1 cm³/mol. The van der Waals surface area contributed by atoms with E-state index in [1.54, 1.807) is 4.90 Å². The molecule has 21 heavy (non-hydrogen) atoms. The number of nitro benzene ring substituents is 1. The van der Waals surface area contributed by atoms with E-state index in [1.165, 1.54) is 6.07 Å². The van der Waals surface area contributed by atoms with Crippen LogP contribution < -0.4 is 0 Å². The first-order chi connectivity index (χ1) is 10.0. The van der Waals surface area contributed by atoms with Crippen LogP contribution in [0.3, 0.4) is 0 Å². The van der Waals surface area contributed by atoms with E-state index in [-0.39, 0.29) is 24.0 Å². The number of carbonyl (C=O) groups excluding carboxylic acids is 1. The number of aliphatic hydroxyl groups is 1. The van der Waals surface area contributed by atoms with Crippen molar-refractivity contribution < 1.29 is 19.9 Å². The normalized spacial score (nSPS) is 18.5. The highest BCUT2D eigenvalue weighted by atomic mass is 16.6. The molecule has 0 aliphatic carbocycles. The lowest BCUT2D eigenvalue weighted by Gasteiger charge is -2.32. The quantitative estimate of drug-likeness (QED) is 0.647. The van der Waals surface area contributed by atoms with Crippen LogP contribution in [0.1, 0.15) is 29.6 Å². The summed E-state index contributed by atoms with van der Waals surface area (Å²) in [6.07, 6.45) is 2.51. The first-order valence-corrected chi connectivity index (χ1v) is 6.90. The smallest absolute Gasteiger partial charge is 0.310 e. The van der Waals surface area contributed by atoms with E-state index in [0.29, 0.717) is 19.5 Å². The largest absolute Gasteiger partial charge is 0.502 e. The van der Waals surface area contributed by atoms with Gasteiger partial charge in [0.25, 0.3) is 5.91 Å². The van der Waals surface area contributed by atoms with E-state index >= 15 is 0 Å². The van der Waals surface area contributed by atoms with Crippen LogP contribution in [-0.4, -0.2) is 45.6 Å². The summed E-state index contributed by atoms with van der Waals surface area (Å²) >= 11 is 0. The summed E-state index contributed by atoms with van der Waals surface area (Å²) in [5.74, 6) is -0.475. The van der Waals surface area contributed by atoms with Crippen molar-refractivity contribution in [1.82, 2.24) is 4.90 Å². The maximum absolute atomic E-state index is 12.4. The van der Waals surface area contributed by atoms with Crippen LogP contribution in [0.15, 0.2) is 18.2 Å². The van der Waals surface area contributed by atoms with Crippen molar-refractivity contribution >= 4 is 11.6 Å². The summed E-state index contributed by atoms with van der Waals surface area (Å²) in [7, 11) is 0. The number of nitrogens with zero attached hydrogens (tertiary/aromatic N) is 2. The van der Waals surface area contributed by atoms with Crippen LogP contribution in [0.2, 0.25) is 0 Å². The highest BCUT2D eigenvalue weighted by molar-refractivity contribution is 5.95. The zero-order valence-corrected chi connectivity index (χ0v) is 11.6. The first-order valence-electron chi connectivity index (χ1n) is 6.90. The van der Waals surface area contributed by atoms with Crippen molar-refractivity contribution in [3.63, 3.8) is 0 Å². The van der Waals surface area contributed by atoms with Crippen LogP contribution >= 0.6 is 0 Å². The second kappa shape index (κ2) is 6.53. The minimum Gasteiger partial charge on any atom is -0.502 e. The number of likely N-dealkylation sites (tertiary alicyclic amines) is 1. The third-order valence-corrected chi connectivity index (χ3v) is 3.76. The van der Waals surface area contributed by atoms with Gasteiger partial charge in [0.05, 0.1) is 4.92 Å². The molecule has 0 saturated carbocycles. The second-order valence-corrected chi connectivity index (χ2v) is 5.23. The monoisotopic (exact) mass is 294 g/mol. The number of piperidine rings is 1. The molecule has 1 aromatic carbocycles. The molecular formula is C14H18N2O5. The molecule has 2 N–H and O–H groups in total. The van der Waals surface area contributed by atoms with Crippen molar-refractivity contribution in [2.45, 2.75) is 19.3 Å². The number of rotatable bonds is 4. The van der Waals surface area contributed by atoms with Crippen molar-refractivity contribution in [2.24, 2.45) is 5.92 Å². The van der Waals surface area contributed by atoms with Gasteiger partial charge in [-0.2, -0.15) is 0 Å². The summed E-state index contributed by atoms with van der Waals surface area (Å²) in [5.41, 5.74) is -0.175. The number of hydrogen-bond acceptors (Lipinski definition) is 5. The van der Waals surface area contributed by atoms with Gasteiger partial charge in [-0.3, -0.25) is 14.9 Å². The van der Waals surface area contributed by atoms with Crippen molar-refractivity contribution in [3.8, 4) is 5.75 Å². The van der Waals surface area contributed by atoms with Gasteiger partial charge < -0.3 is 15.1 Å². The highest BCUT2D eigenvalue weighted by Crippen LogP contribution is 2.28. The fourth-order valence-corrected chi connectivity index (χ4v) is 2.66. The van der Waals surface area contributed by atoms with Gasteiger partial charge in [-0.25, -0.2) is 0 Å². The molecule has 0 bridgehead atoms. The van der Waals surface area contributed by atoms with Crippen molar-refractivity contribution in [3.05, 3.63) is 33.9 Å². The zero-order valence-electron chi connectivity index (χ0n) is 11.6. The Kier molecular flexibility index (Phi) is 4.74. The predicted octanol–water partition coefficient (Wildman–Crippen LogP) is 1.53. The number of aliphatic hydroxyl groups excluding tert-OH is 1. The van der Waals surface area contributed by atoms with Crippen molar-refractivity contribution in [2.75, 3.05) is 19.7 Å². The molecule has 1 atom stereocenters. The molecule has 0 spiro atoms. The lowest BCUT2D eigenvalue weighted by atomic mass is 9.94. The third-order valence-electron chi connectivity index (χ3n) is 3.76. The van der Waals surface area contributed by atoms with E-state index in [4.69, 9.17) is 5.11 Å². The molecule has 1 heterocycles. The van der Waals surface area contributed by atoms with Gasteiger partial charge in [0.2, 0.25) is 0 Å². The Labute approximate surface area is 122 Å². The molecule has 1 aliphatic rings. The average molecular weight is 294 g/mol. The Bertz CT molecular complexity index is 544. The van der Waals surface area contributed by atoms with E-state index in [2.05, 4.69) is 0 Å². The van der Waals surface area contributed by atoms with Gasteiger partial charge >= 0.3 is 5.69 Å². The first kappa shape index (κ1) is 15.2. The fourth-order valence-electron chi connectivity index (χ4n) is 2.66. The lowest BCUT2D eigenvalue weighted by molar-refractivity contribution is -0.385. The Morgan fingerprint density at radius 1 is 1.48 bits per heavy atom. The highest BCUT2D eigenvalue weighted by Gasteiger charge is 2.25. The molecule has 1 fully saturated rings. The number of hydrogen-bond donors (Lipinski definition) is 2. The van der Waals surface area contributed by atoms with Gasteiger partial charge in [-0.15, -0.1) is 0 Å². The van der Waals surface area contributed by atoms with Gasteiger partial charge in [-0.1, -0.05) is 0 Å². The van der Waals surface area contributed by atoms with Gasteiger partial charge in [0.1, 0.15) is 0 Å². The minimum atomic E-state index is -0.693. The van der Waals surface area contributed by atoms with Gasteiger partial charge in [0.15, 0.2) is 5.75 Å². The van der Waals surface area contributed by atoms with Gasteiger partial charge in [0, 0.05) is 31.3 Å². The Hall–Kier alpha value is -2.15. The third kappa shape index (κ3) is 3.49. The molecule has 7 heteroatoms. The number of nitro groups is 1. The molecule has 7 nitrogen and oxygen atoms in total. The molecule has 0 radical (unpaired) electrons. The molecule has 1 unspecified atom stereocenters. The number of aromatic hydroxyl groups is 1. The lowest BCUT2D eigenvalue weighted by Crippen LogP contribution is -2.40. The second-order valence-electron chi connectivity index (χ2n) is 5.23. The molecule has 2 rings (SSSR count). The maximum atomic E-state index is 12.4. The Balaban J connectivity index is 2.12. The molecule has 114 valence electrons. The van der Waals surface area contributed by atoms with Crippen LogP contribution in [-0.2, 0) is 0 Å². The Morgan fingerprint density at radius 2 is 2.24 bits per heavy atom. The van der Waals surface area contributed by atoms with Crippen LogP contribution in [0, 0.1) is 16.0 Å².